The molecule has 1 saturated heterocycles. The van der Waals surface area contributed by atoms with Crippen LogP contribution >= 0.6 is 0 Å². The lowest BCUT2D eigenvalue weighted by molar-refractivity contribution is 0.119. The predicted molar refractivity (Wildman–Crippen MR) is 139 cm³/mol. The summed E-state index contributed by atoms with van der Waals surface area (Å²) in [5, 5.41) is 7.16. The number of imidazole rings is 1. The van der Waals surface area contributed by atoms with E-state index in [1.54, 1.807) is 10.7 Å². The lowest BCUT2D eigenvalue weighted by Gasteiger charge is -2.34. The average Bonchev–Trinajstić information content (AvgIpc) is 3.22. The molecule has 0 radical (unpaired) electrons. The molecule has 0 bridgehead atoms. The predicted octanol–water partition coefficient (Wildman–Crippen LogP) is 3.62. The second kappa shape index (κ2) is 11.3. The zero-order valence-electron chi connectivity index (χ0n) is 21.6. The molecule has 4 heterocycles. The van der Waals surface area contributed by atoms with Crippen LogP contribution in [0.1, 0.15) is 49.4 Å². The minimum Gasteiger partial charge on any atom is -0.380 e. The van der Waals surface area contributed by atoms with E-state index in [1.807, 2.05) is 13.1 Å². The van der Waals surface area contributed by atoms with Crippen LogP contribution in [0, 0.1) is 12.8 Å². The van der Waals surface area contributed by atoms with E-state index < -0.39 is 12.5 Å². The SMILES string of the molecule is CCCC(Nc1nc(N)c2ncc(Cc3cnc(N4CCC(CN(C)C)CC4)c(C)c3)n2n1)C(F)F. The van der Waals surface area contributed by atoms with Crippen molar-refractivity contribution in [3.8, 4) is 0 Å². The van der Waals surface area contributed by atoms with Crippen molar-refractivity contribution in [2.24, 2.45) is 5.92 Å². The molecule has 4 rings (SSSR count). The molecule has 1 aliphatic rings. The van der Waals surface area contributed by atoms with E-state index in [0.29, 0.717) is 24.9 Å². The number of nitrogens with zero attached hydrogens (tertiary/aromatic N) is 7. The largest absolute Gasteiger partial charge is 0.380 e. The van der Waals surface area contributed by atoms with E-state index in [-0.39, 0.29) is 11.8 Å². The number of hydrogen-bond donors (Lipinski definition) is 2. The highest BCUT2D eigenvalue weighted by atomic mass is 19.3. The van der Waals surface area contributed by atoms with E-state index >= 15 is 0 Å². The molecule has 36 heavy (non-hydrogen) atoms. The molecule has 3 N–H and O–H groups in total. The van der Waals surface area contributed by atoms with Crippen molar-refractivity contribution < 1.29 is 8.78 Å². The van der Waals surface area contributed by atoms with Gasteiger partial charge in [-0.15, -0.1) is 5.10 Å². The number of nitrogen functional groups attached to an aromatic ring is 1. The average molecular weight is 502 g/mol. The van der Waals surface area contributed by atoms with Crippen LogP contribution in [0.15, 0.2) is 18.5 Å². The first kappa shape index (κ1) is 26.0. The Hall–Kier alpha value is -3.08. The van der Waals surface area contributed by atoms with Gasteiger partial charge in [0.15, 0.2) is 11.5 Å². The van der Waals surface area contributed by atoms with E-state index in [9.17, 15) is 8.78 Å². The molecular formula is C25H37F2N9. The van der Waals surface area contributed by atoms with Crippen LogP contribution in [-0.2, 0) is 6.42 Å². The number of aryl methyl sites for hydroxylation is 1. The fraction of sp³-hybridized carbons (Fsp3) is 0.600. The Morgan fingerprint density at radius 2 is 1.94 bits per heavy atom. The number of hydrogen-bond acceptors (Lipinski definition) is 8. The summed E-state index contributed by atoms with van der Waals surface area (Å²) in [6.07, 6.45) is 4.86. The standard InChI is InChI=1S/C25H37F2N9/c1-5-6-20(21(26)27)31-25-32-22(28)24-30-14-19(36(24)33-25)12-18-11-16(2)23(29-13-18)35-9-7-17(8-10-35)15-34(3)4/h11,13-14,17,20-21H,5-10,12,15H2,1-4H3,(H3,28,31,32,33). The molecule has 3 aromatic heterocycles. The van der Waals surface area contributed by atoms with Crippen molar-refractivity contribution in [2.75, 3.05) is 49.7 Å². The molecular weight excluding hydrogens is 464 g/mol. The van der Waals surface area contributed by atoms with Crippen molar-refractivity contribution in [3.63, 3.8) is 0 Å². The number of alkyl halides is 2. The first-order valence-electron chi connectivity index (χ1n) is 12.6. The van der Waals surface area contributed by atoms with Crippen LogP contribution < -0.4 is 16.0 Å². The van der Waals surface area contributed by atoms with Crippen LogP contribution in [-0.4, -0.2) is 75.7 Å². The number of halogens is 2. The zero-order valence-corrected chi connectivity index (χ0v) is 21.6. The smallest absolute Gasteiger partial charge is 0.258 e. The monoisotopic (exact) mass is 501 g/mol. The molecule has 0 spiro atoms. The molecule has 11 heteroatoms. The Labute approximate surface area is 211 Å². The molecule has 1 atom stereocenters. The highest BCUT2D eigenvalue weighted by Crippen LogP contribution is 2.26. The van der Waals surface area contributed by atoms with E-state index in [0.717, 1.165) is 48.2 Å². The van der Waals surface area contributed by atoms with E-state index in [4.69, 9.17) is 10.7 Å². The van der Waals surface area contributed by atoms with Gasteiger partial charge in [0.25, 0.3) is 6.43 Å². The topological polar surface area (TPSA) is 100 Å². The van der Waals surface area contributed by atoms with Gasteiger partial charge in [-0.1, -0.05) is 19.4 Å². The fourth-order valence-electron chi connectivity index (χ4n) is 4.97. The highest BCUT2D eigenvalue weighted by molar-refractivity contribution is 5.61. The minimum atomic E-state index is -2.53. The number of nitrogens with one attached hydrogen (secondary N) is 1. The van der Waals surface area contributed by atoms with E-state index in [2.05, 4.69) is 57.3 Å². The molecule has 196 valence electrons. The van der Waals surface area contributed by atoms with Gasteiger partial charge in [0.1, 0.15) is 5.82 Å². The van der Waals surface area contributed by atoms with Gasteiger partial charge >= 0.3 is 0 Å². The van der Waals surface area contributed by atoms with Gasteiger partial charge in [-0.25, -0.2) is 23.3 Å². The third-order valence-electron chi connectivity index (χ3n) is 6.71. The second-order valence-electron chi connectivity index (χ2n) is 10.0. The summed E-state index contributed by atoms with van der Waals surface area (Å²) in [7, 11) is 4.26. The summed E-state index contributed by atoms with van der Waals surface area (Å²) in [5.74, 6) is 1.98. The van der Waals surface area contributed by atoms with Crippen molar-refractivity contribution in [3.05, 3.63) is 35.3 Å². The third kappa shape index (κ3) is 6.00. The van der Waals surface area contributed by atoms with Crippen LogP contribution in [0.4, 0.5) is 26.4 Å². The third-order valence-corrected chi connectivity index (χ3v) is 6.71. The van der Waals surface area contributed by atoms with Crippen LogP contribution in [0.2, 0.25) is 0 Å². The number of pyridine rings is 1. The summed E-state index contributed by atoms with van der Waals surface area (Å²) in [6.45, 7) is 7.11. The zero-order chi connectivity index (χ0) is 25.8. The summed E-state index contributed by atoms with van der Waals surface area (Å²) in [5.41, 5.74) is 9.40. The number of rotatable bonds is 10. The summed E-state index contributed by atoms with van der Waals surface area (Å²) in [6, 6.07) is 1.11. The van der Waals surface area contributed by atoms with Crippen LogP contribution in [0.5, 0.6) is 0 Å². The first-order chi connectivity index (χ1) is 17.2. The summed E-state index contributed by atoms with van der Waals surface area (Å²) in [4.78, 5) is 17.9. The maximum atomic E-state index is 13.4. The Morgan fingerprint density at radius 1 is 1.19 bits per heavy atom. The van der Waals surface area contributed by atoms with Crippen LogP contribution in [0.3, 0.4) is 0 Å². The van der Waals surface area contributed by atoms with Crippen LogP contribution in [0.25, 0.3) is 5.65 Å². The lowest BCUT2D eigenvalue weighted by Crippen LogP contribution is -2.37. The molecule has 9 nitrogen and oxygen atoms in total. The molecule has 1 aliphatic heterocycles. The second-order valence-corrected chi connectivity index (χ2v) is 10.0. The van der Waals surface area contributed by atoms with Gasteiger partial charge in [-0.3, -0.25) is 0 Å². The number of aromatic nitrogens is 5. The van der Waals surface area contributed by atoms with Gasteiger partial charge < -0.3 is 20.9 Å². The molecule has 1 unspecified atom stereocenters. The van der Waals surface area contributed by atoms with Crippen molar-refractivity contribution in [1.29, 1.82) is 0 Å². The van der Waals surface area contributed by atoms with Gasteiger partial charge in [0.2, 0.25) is 5.95 Å². The molecule has 1 fully saturated rings. The van der Waals surface area contributed by atoms with Crippen molar-refractivity contribution in [2.45, 2.75) is 58.4 Å². The molecule has 0 amide bonds. The van der Waals surface area contributed by atoms with Crippen molar-refractivity contribution >= 4 is 23.2 Å². The molecule has 0 aliphatic carbocycles. The Bertz CT molecular complexity index is 1160. The first-order valence-corrected chi connectivity index (χ1v) is 12.6. The Kier molecular flexibility index (Phi) is 8.17. The molecule has 0 aromatic carbocycles. The van der Waals surface area contributed by atoms with Gasteiger partial charge in [0, 0.05) is 32.3 Å². The van der Waals surface area contributed by atoms with E-state index in [1.165, 1.54) is 12.8 Å². The minimum absolute atomic E-state index is 0.0697. The fourth-order valence-corrected chi connectivity index (χ4v) is 4.97. The quantitative estimate of drug-likeness (QED) is 0.435. The highest BCUT2D eigenvalue weighted by Gasteiger charge is 2.23. The Balaban J connectivity index is 1.49. The number of fused-ring (bicyclic) bond motifs is 1. The maximum absolute atomic E-state index is 13.4. The maximum Gasteiger partial charge on any atom is 0.258 e. The number of anilines is 3. The number of piperidine rings is 1. The summed E-state index contributed by atoms with van der Waals surface area (Å²) < 4.78 is 28.4. The lowest BCUT2D eigenvalue weighted by atomic mass is 9.96. The van der Waals surface area contributed by atoms with Gasteiger partial charge in [-0.2, -0.15) is 4.98 Å². The summed E-state index contributed by atoms with van der Waals surface area (Å²) >= 11 is 0. The molecule has 0 saturated carbocycles. The van der Waals surface area contributed by atoms with Crippen molar-refractivity contribution in [1.82, 2.24) is 29.5 Å². The Morgan fingerprint density at radius 3 is 2.58 bits per heavy atom. The van der Waals surface area contributed by atoms with Gasteiger partial charge in [-0.05, 0) is 57.3 Å². The normalized spacial score (nSPS) is 15.8. The van der Waals surface area contributed by atoms with Gasteiger partial charge in [0.05, 0.1) is 17.9 Å². The molecule has 3 aromatic rings. The number of nitrogens with two attached hydrogens (primary N) is 1.